The quantitative estimate of drug-likeness (QED) is 0.623. The largest absolute Gasteiger partial charge is 0.497 e. The topological polar surface area (TPSA) is 67.9 Å². The van der Waals surface area contributed by atoms with Crippen molar-refractivity contribution in [3.63, 3.8) is 0 Å². The summed E-state index contributed by atoms with van der Waals surface area (Å²) in [6.07, 6.45) is 0.498. The molecule has 2 amide bonds. The Morgan fingerprint density at radius 2 is 1.81 bits per heavy atom. The highest BCUT2D eigenvalue weighted by Gasteiger charge is 2.29. The number of aryl methyl sites for hydroxylation is 1. The van der Waals surface area contributed by atoms with E-state index in [1.807, 2.05) is 77.1 Å². The third-order valence-corrected chi connectivity index (χ3v) is 5.21. The van der Waals surface area contributed by atoms with Crippen LogP contribution in [0.25, 0.3) is 0 Å². The summed E-state index contributed by atoms with van der Waals surface area (Å²) in [7, 11) is 1.60. The van der Waals surface area contributed by atoms with Crippen LogP contribution < -0.4 is 14.8 Å². The second-order valence-corrected chi connectivity index (χ2v) is 7.95. The zero-order valence-corrected chi connectivity index (χ0v) is 19.4. The van der Waals surface area contributed by atoms with Crippen molar-refractivity contribution in [3.8, 4) is 11.5 Å². The van der Waals surface area contributed by atoms with Crippen molar-refractivity contribution in [2.24, 2.45) is 0 Å². The first-order valence-electron chi connectivity index (χ1n) is 10.7. The van der Waals surface area contributed by atoms with E-state index in [0.29, 0.717) is 17.9 Å². The van der Waals surface area contributed by atoms with Gasteiger partial charge in [-0.3, -0.25) is 9.59 Å². The number of rotatable bonds is 10. The van der Waals surface area contributed by atoms with Crippen molar-refractivity contribution in [1.29, 1.82) is 0 Å². The Morgan fingerprint density at radius 1 is 1.10 bits per heavy atom. The maximum atomic E-state index is 13.3. The molecule has 168 valence electrons. The van der Waals surface area contributed by atoms with Crippen molar-refractivity contribution in [2.75, 3.05) is 13.7 Å². The van der Waals surface area contributed by atoms with Gasteiger partial charge in [-0.15, -0.1) is 0 Å². The van der Waals surface area contributed by atoms with Gasteiger partial charge < -0.3 is 19.7 Å². The second-order valence-electron chi connectivity index (χ2n) is 7.95. The molecule has 0 unspecified atom stereocenters. The molecule has 0 aliphatic carbocycles. The molecule has 0 bridgehead atoms. The number of benzene rings is 2. The monoisotopic (exact) mass is 426 g/mol. The third kappa shape index (κ3) is 6.74. The summed E-state index contributed by atoms with van der Waals surface area (Å²) in [4.78, 5) is 27.7. The van der Waals surface area contributed by atoms with E-state index in [-0.39, 0.29) is 31.0 Å². The maximum absolute atomic E-state index is 13.3. The highest BCUT2D eigenvalue weighted by molar-refractivity contribution is 5.88. The molecule has 2 aromatic carbocycles. The van der Waals surface area contributed by atoms with E-state index in [0.717, 1.165) is 16.7 Å². The summed E-state index contributed by atoms with van der Waals surface area (Å²) >= 11 is 0. The first-order chi connectivity index (χ1) is 14.8. The fraction of sp³-hybridized carbons (Fsp3) is 0.440. The standard InChI is InChI=1S/C25H34N2O4/c1-7-22(25(29)26-17(2)3)27(15-20-11-9-12-21(14-20)30-6)24(28)16-31-23-13-8-10-18(4)19(23)5/h8-14,17,22H,7,15-16H2,1-6H3,(H,26,29)/t22-/m1/s1. The summed E-state index contributed by atoms with van der Waals surface area (Å²) in [5.41, 5.74) is 2.98. The predicted octanol–water partition coefficient (Wildman–Crippen LogP) is 4.02. The van der Waals surface area contributed by atoms with Gasteiger partial charge >= 0.3 is 0 Å². The fourth-order valence-corrected chi connectivity index (χ4v) is 3.37. The van der Waals surface area contributed by atoms with Crippen LogP contribution in [0.15, 0.2) is 42.5 Å². The molecule has 1 atom stereocenters. The van der Waals surface area contributed by atoms with Gasteiger partial charge in [0.15, 0.2) is 6.61 Å². The van der Waals surface area contributed by atoms with E-state index < -0.39 is 6.04 Å². The van der Waals surface area contributed by atoms with Gasteiger partial charge in [0.1, 0.15) is 17.5 Å². The number of methoxy groups -OCH3 is 1. The lowest BCUT2D eigenvalue weighted by Gasteiger charge is -2.31. The van der Waals surface area contributed by atoms with Gasteiger partial charge in [-0.1, -0.05) is 31.2 Å². The van der Waals surface area contributed by atoms with Crippen LogP contribution in [-0.2, 0) is 16.1 Å². The number of nitrogens with one attached hydrogen (secondary N) is 1. The number of hydrogen-bond acceptors (Lipinski definition) is 4. The highest BCUT2D eigenvalue weighted by atomic mass is 16.5. The number of ether oxygens (including phenoxy) is 2. The minimum Gasteiger partial charge on any atom is -0.497 e. The van der Waals surface area contributed by atoms with Crippen molar-refractivity contribution >= 4 is 11.8 Å². The van der Waals surface area contributed by atoms with Crippen LogP contribution in [0.3, 0.4) is 0 Å². The van der Waals surface area contributed by atoms with E-state index in [1.54, 1.807) is 12.0 Å². The lowest BCUT2D eigenvalue weighted by molar-refractivity contribution is -0.143. The van der Waals surface area contributed by atoms with Crippen LogP contribution in [0.2, 0.25) is 0 Å². The molecular weight excluding hydrogens is 392 g/mol. The van der Waals surface area contributed by atoms with E-state index in [4.69, 9.17) is 9.47 Å². The van der Waals surface area contributed by atoms with E-state index in [2.05, 4.69) is 5.32 Å². The van der Waals surface area contributed by atoms with Gasteiger partial charge in [0.25, 0.3) is 5.91 Å². The Hall–Kier alpha value is -3.02. The van der Waals surface area contributed by atoms with Gasteiger partial charge in [-0.25, -0.2) is 0 Å². The summed E-state index contributed by atoms with van der Waals surface area (Å²) in [5.74, 6) is 0.973. The molecule has 31 heavy (non-hydrogen) atoms. The van der Waals surface area contributed by atoms with Crippen LogP contribution >= 0.6 is 0 Å². The molecule has 0 aliphatic rings. The van der Waals surface area contributed by atoms with Gasteiger partial charge in [-0.05, 0) is 69.0 Å². The van der Waals surface area contributed by atoms with E-state index in [9.17, 15) is 9.59 Å². The zero-order chi connectivity index (χ0) is 23.0. The number of amides is 2. The zero-order valence-electron chi connectivity index (χ0n) is 19.4. The Labute approximate surface area is 185 Å². The Bertz CT molecular complexity index is 895. The van der Waals surface area contributed by atoms with Crippen molar-refractivity contribution in [1.82, 2.24) is 10.2 Å². The lowest BCUT2D eigenvalue weighted by atomic mass is 10.1. The van der Waals surface area contributed by atoms with E-state index in [1.165, 1.54) is 0 Å². The number of carbonyl (C=O) groups is 2. The Morgan fingerprint density at radius 3 is 2.45 bits per heavy atom. The summed E-state index contributed by atoms with van der Waals surface area (Å²) in [5, 5.41) is 2.93. The van der Waals surface area contributed by atoms with Crippen molar-refractivity contribution < 1.29 is 19.1 Å². The average Bonchev–Trinajstić information content (AvgIpc) is 2.74. The van der Waals surface area contributed by atoms with Gasteiger partial charge in [0, 0.05) is 12.6 Å². The van der Waals surface area contributed by atoms with Crippen LogP contribution in [-0.4, -0.2) is 42.5 Å². The average molecular weight is 427 g/mol. The van der Waals surface area contributed by atoms with Crippen LogP contribution in [0.1, 0.15) is 43.9 Å². The Balaban J connectivity index is 2.26. The van der Waals surface area contributed by atoms with Gasteiger partial charge in [-0.2, -0.15) is 0 Å². The van der Waals surface area contributed by atoms with Crippen molar-refractivity contribution in [2.45, 2.75) is 59.7 Å². The van der Waals surface area contributed by atoms with Crippen LogP contribution in [0, 0.1) is 13.8 Å². The number of nitrogens with zero attached hydrogens (tertiary/aromatic N) is 1. The molecule has 0 aliphatic heterocycles. The Kier molecular flexibility index (Phi) is 8.91. The normalized spacial score (nSPS) is 11.7. The van der Waals surface area contributed by atoms with Crippen LogP contribution in [0.5, 0.6) is 11.5 Å². The highest BCUT2D eigenvalue weighted by Crippen LogP contribution is 2.22. The minimum absolute atomic E-state index is 0.0125. The lowest BCUT2D eigenvalue weighted by Crippen LogP contribution is -2.51. The molecular formula is C25H34N2O4. The molecule has 0 saturated carbocycles. The van der Waals surface area contributed by atoms with Gasteiger partial charge in [0.05, 0.1) is 7.11 Å². The fourth-order valence-electron chi connectivity index (χ4n) is 3.37. The molecule has 2 aromatic rings. The summed E-state index contributed by atoms with van der Waals surface area (Å²) in [6.45, 7) is 9.83. The smallest absolute Gasteiger partial charge is 0.261 e. The molecule has 0 radical (unpaired) electrons. The molecule has 1 N–H and O–H groups in total. The predicted molar refractivity (Wildman–Crippen MR) is 122 cm³/mol. The third-order valence-electron chi connectivity index (χ3n) is 5.21. The van der Waals surface area contributed by atoms with Crippen molar-refractivity contribution in [3.05, 3.63) is 59.2 Å². The first-order valence-corrected chi connectivity index (χ1v) is 10.7. The van der Waals surface area contributed by atoms with Crippen LogP contribution in [0.4, 0.5) is 0 Å². The number of carbonyl (C=O) groups excluding carboxylic acids is 2. The molecule has 0 saturated heterocycles. The molecule has 2 rings (SSSR count). The molecule has 6 heteroatoms. The van der Waals surface area contributed by atoms with Gasteiger partial charge in [0.2, 0.25) is 5.91 Å². The molecule has 0 heterocycles. The summed E-state index contributed by atoms with van der Waals surface area (Å²) in [6, 6.07) is 12.7. The molecule has 0 aromatic heterocycles. The SMILES string of the molecule is CC[C@H](C(=O)NC(C)C)N(Cc1cccc(OC)c1)C(=O)COc1cccc(C)c1C. The summed E-state index contributed by atoms with van der Waals surface area (Å²) < 4.78 is 11.2. The maximum Gasteiger partial charge on any atom is 0.261 e. The molecule has 0 fully saturated rings. The second kappa shape index (κ2) is 11.4. The minimum atomic E-state index is -0.594. The molecule has 6 nitrogen and oxygen atoms in total. The number of hydrogen-bond donors (Lipinski definition) is 1. The molecule has 0 spiro atoms. The first kappa shape index (κ1) is 24.3. The van der Waals surface area contributed by atoms with E-state index >= 15 is 0 Å².